The molecule has 0 radical (unpaired) electrons. The minimum atomic E-state index is -0.396. The average molecular weight is 295 g/mol. The Morgan fingerprint density at radius 1 is 1.00 bits per heavy atom. The fraction of sp³-hybridized carbons (Fsp3) is 1.00. The van der Waals surface area contributed by atoms with Gasteiger partial charge in [-0.3, -0.25) is 0 Å². The minimum absolute atomic E-state index is 0.396. The highest BCUT2D eigenvalue weighted by Crippen LogP contribution is 2.40. The molecular formula is C17H33N3O. The van der Waals surface area contributed by atoms with Crippen LogP contribution in [0.2, 0.25) is 0 Å². The molecule has 0 bridgehead atoms. The maximum absolute atomic E-state index is 11.3. The molecule has 3 rings (SSSR count). The molecule has 2 unspecified atom stereocenters. The van der Waals surface area contributed by atoms with Crippen LogP contribution in [0.15, 0.2) is 0 Å². The van der Waals surface area contributed by atoms with Crippen LogP contribution in [-0.4, -0.2) is 61.4 Å². The normalized spacial score (nSPS) is 32.7. The predicted octanol–water partition coefficient (Wildman–Crippen LogP) is 1.20. The molecule has 3 aliphatic rings. The molecule has 0 amide bonds. The van der Waals surface area contributed by atoms with Crippen molar-refractivity contribution in [2.45, 2.75) is 50.5 Å². The molecule has 4 nitrogen and oxygen atoms in total. The third-order valence-corrected chi connectivity index (χ3v) is 5.98. The van der Waals surface area contributed by atoms with Crippen molar-refractivity contribution in [1.29, 1.82) is 0 Å². The molecule has 2 atom stereocenters. The number of aliphatic hydroxyl groups is 1. The molecule has 2 heterocycles. The smallest absolute Gasteiger partial charge is 0.0691 e. The van der Waals surface area contributed by atoms with E-state index in [1.165, 1.54) is 32.1 Å². The van der Waals surface area contributed by atoms with Gasteiger partial charge >= 0.3 is 0 Å². The van der Waals surface area contributed by atoms with Crippen LogP contribution in [0.25, 0.3) is 0 Å². The fourth-order valence-corrected chi connectivity index (χ4v) is 4.69. The molecule has 3 fully saturated rings. The van der Waals surface area contributed by atoms with Gasteiger partial charge in [-0.15, -0.1) is 0 Å². The number of nitrogens with zero attached hydrogens (tertiary/aromatic N) is 1. The summed E-state index contributed by atoms with van der Waals surface area (Å²) in [6.07, 6.45) is 8.38. The molecule has 0 aromatic heterocycles. The second-order valence-corrected chi connectivity index (χ2v) is 7.43. The van der Waals surface area contributed by atoms with E-state index in [0.29, 0.717) is 11.8 Å². The highest BCUT2D eigenvalue weighted by molar-refractivity contribution is 4.95. The van der Waals surface area contributed by atoms with Gasteiger partial charge in [-0.2, -0.15) is 0 Å². The lowest BCUT2D eigenvalue weighted by molar-refractivity contribution is -0.0844. The zero-order chi connectivity index (χ0) is 14.5. The number of hydrogen-bond acceptors (Lipinski definition) is 4. The average Bonchev–Trinajstić information content (AvgIpc) is 2.55. The maximum Gasteiger partial charge on any atom is 0.0691 e. The van der Waals surface area contributed by atoms with Gasteiger partial charge in [-0.1, -0.05) is 19.3 Å². The Morgan fingerprint density at radius 2 is 1.76 bits per heavy atom. The Morgan fingerprint density at radius 3 is 2.43 bits per heavy atom. The molecule has 1 saturated carbocycles. The van der Waals surface area contributed by atoms with Crippen LogP contribution < -0.4 is 10.6 Å². The summed E-state index contributed by atoms with van der Waals surface area (Å²) in [6.45, 7) is 7.88. The number of rotatable bonds is 4. The van der Waals surface area contributed by atoms with Crippen molar-refractivity contribution in [3.05, 3.63) is 0 Å². The quantitative estimate of drug-likeness (QED) is 0.729. The van der Waals surface area contributed by atoms with E-state index in [0.717, 1.165) is 58.7 Å². The van der Waals surface area contributed by atoms with E-state index in [4.69, 9.17) is 0 Å². The van der Waals surface area contributed by atoms with Crippen LogP contribution >= 0.6 is 0 Å². The Labute approximate surface area is 129 Å². The van der Waals surface area contributed by atoms with Crippen LogP contribution in [-0.2, 0) is 0 Å². The second kappa shape index (κ2) is 7.40. The minimum Gasteiger partial charge on any atom is -0.390 e. The first-order valence-corrected chi connectivity index (χ1v) is 9.14. The first-order chi connectivity index (χ1) is 10.3. The van der Waals surface area contributed by atoms with E-state index in [-0.39, 0.29) is 0 Å². The summed E-state index contributed by atoms with van der Waals surface area (Å²) in [6, 6.07) is 0. The lowest BCUT2D eigenvalue weighted by Crippen LogP contribution is -2.54. The predicted molar refractivity (Wildman–Crippen MR) is 86.4 cm³/mol. The Bertz CT molecular complexity index is 305. The summed E-state index contributed by atoms with van der Waals surface area (Å²) in [5, 5.41) is 18.4. The Kier molecular flexibility index (Phi) is 5.54. The SMILES string of the molecule is OC1(C(CN2CCNCC2)C2CCCNC2)CCCCC1. The van der Waals surface area contributed by atoms with Gasteiger partial charge in [0.1, 0.15) is 0 Å². The first-order valence-electron chi connectivity index (χ1n) is 9.14. The van der Waals surface area contributed by atoms with E-state index < -0.39 is 5.60 Å². The largest absolute Gasteiger partial charge is 0.390 e. The maximum atomic E-state index is 11.3. The van der Waals surface area contributed by atoms with Gasteiger partial charge in [-0.05, 0) is 44.7 Å². The Balaban J connectivity index is 1.69. The topological polar surface area (TPSA) is 47.5 Å². The number of piperidine rings is 1. The van der Waals surface area contributed by atoms with Gasteiger partial charge < -0.3 is 20.6 Å². The molecule has 0 spiro atoms. The van der Waals surface area contributed by atoms with Gasteiger partial charge in [0, 0.05) is 38.6 Å². The first kappa shape index (κ1) is 15.7. The van der Waals surface area contributed by atoms with Gasteiger partial charge in [0.2, 0.25) is 0 Å². The molecule has 21 heavy (non-hydrogen) atoms. The lowest BCUT2D eigenvalue weighted by Gasteiger charge is -2.46. The molecule has 4 heteroatoms. The molecule has 3 N–H and O–H groups in total. The third kappa shape index (κ3) is 3.98. The summed E-state index contributed by atoms with van der Waals surface area (Å²) in [7, 11) is 0. The monoisotopic (exact) mass is 295 g/mol. The zero-order valence-corrected chi connectivity index (χ0v) is 13.4. The van der Waals surface area contributed by atoms with Crippen molar-refractivity contribution in [2.75, 3.05) is 45.8 Å². The fourth-order valence-electron chi connectivity index (χ4n) is 4.69. The van der Waals surface area contributed by atoms with Gasteiger partial charge in [0.15, 0.2) is 0 Å². The summed E-state index contributed by atoms with van der Waals surface area (Å²) in [5.74, 6) is 1.13. The van der Waals surface area contributed by atoms with E-state index in [2.05, 4.69) is 15.5 Å². The molecule has 0 aromatic rings. The molecule has 2 aliphatic heterocycles. The van der Waals surface area contributed by atoms with Gasteiger partial charge in [-0.25, -0.2) is 0 Å². The standard InChI is InChI=1S/C17H33N3O/c21-17(6-2-1-3-7-17)16(15-5-4-8-19-13-15)14-20-11-9-18-10-12-20/h15-16,18-19,21H,1-14H2. The van der Waals surface area contributed by atoms with Crippen molar-refractivity contribution in [1.82, 2.24) is 15.5 Å². The van der Waals surface area contributed by atoms with Crippen molar-refractivity contribution in [3.63, 3.8) is 0 Å². The van der Waals surface area contributed by atoms with Crippen LogP contribution in [0.4, 0.5) is 0 Å². The van der Waals surface area contributed by atoms with Crippen LogP contribution in [0, 0.1) is 11.8 Å². The summed E-state index contributed by atoms with van der Waals surface area (Å²) >= 11 is 0. The van der Waals surface area contributed by atoms with Crippen LogP contribution in [0.5, 0.6) is 0 Å². The van der Waals surface area contributed by atoms with Crippen molar-refractivity contribution in [3.8, 4) is 0 Å². The third-order valence-electron chi connectivity index (χ3n) is 5.98. The molecular weight excluding hydrogens is 262 g/mol. The van der Waals surface area contributed by atoms with Crippen molar-refractivity contribution >= 4 is 0 Å². The second-order valence-electron chi connectivity index (χ2n) is 7.43. The zero-order valence-electron chi connectivity index (χ0n) is 13.4. The van der Waals surface area contributed by atoms with E-state index in [1.54, 1.807) is 0 Å². The summed E-state index contributed by atoms with van der Waals surface area (Å²) < 4.78 is 0. The van der Waals surface area contributed by atoms with Gasteiger partial charge in [0.05, 0.1) is 5.60 Å². The highest BCUT2D eigenvalue weighted by atomic mass is 16.3. The van der Waals surface area contributed by atoms with Crippen molar-refractivity contribution in [2.24, 2.45) is 11.8 Å². The summed E-state index contributed by atoms with van der Waals surface area (Å²) in [4.78, 5) is 2.59. The highest BCUT2D eigenvalue weighted by Gasteiger charge is 2.42. The molecule has 2 saturated heterocycles. The van der Waals surface area contributed by atoms with Crippen LogP contribution in [0.3, 0.4) is 0 Å². The molecule has 0 aromatic carbocycles. The van der Waals surface area contributed by atoms with E-state index >= 15 is 0 Å². The number of piperazine rings is 1. The van der Waals surface area contributed by atoms with Crippen molar-refractivity contribution < 1.29 is 5.11 Å². The lowest BCUT2D eigenvalue weighted by atomic mass is 9.68. The summed E-state index contributed by atoms with van der Waals surface area (Å²) in [5.41, 5.74) is -0.396. The van der Waals surface area contributed by atoms with Gasteiger partial charge in [0.25, 0.3) is 0 Å². The Hall–Kier alpha value is -0.160. The van der Waals surface area contributed by atoms with E-state index in [1.807, 2.05) is 0 Å². The number of hydrogen-bond donors (Lipinski definition) is 3. The van der Waals surface area contributed by atoms with Crippen LogP contribution in [0.1, 0.15) is 44.9 Å². The van der Waals surface area contributed by atoms with E-state index in [9.17, 15) is 5.11 Å². The molecule has 122 valence electrons. The number of nitrogens with one attached hydrogen (secondary N) is 2. The molecule has 1 aliphatic carbocycles.